The van der Waals surface area contributed by atoms with Gasteiger partial charge in [-0.15, -0.1) is 0 Å². The molecular formula is C25H32N4O5. The average molecular weight is 469 g/mol. The van der Waals surface area contributed by atoms with Crippen molar-refractivity contribution in [3.8, 4) is 11.1 Å². The molecule has 1 aromatic heterocycles. The molecule has 3 atom stereocenters. The van der Waals surface area contributed by atoms with Crippen molar-refractivity contribution >= 4 is 17.7 Å². The van der Waals surface area contributed by atoms with Gasteiger partial charge in [-0.2, -0.15) is 0 Å². The molecule has 182 valence electrons. The number of amides is 3. The summed E-state index contributed by atoms with van der Waals surface area (Å²) in [6.45, 7) is 6.40. The van der Waals surface area contributed by atoms with E-state index in [1.807, 2.05) is 43.5 Å². The first-order valence-corrected chi connectivity index (χ1v) is 11.6. The molecule has 1 aromatic carbocycles. The highest BCUT2D eigenvalue weighted by molar-refractivity contribution is 5.93. The third-order valence-electron chi connectivity index (χ3n) is 6.66. The molecule has 9 heteroatoms. The molecule has 3 unspecified atom stereocenters. The fourth-order valence-corrected chi connectivity index (χ4v) is 4.40. The van der Waals surface area contributed by atoms with E-state index >= 15 is 0 Å². The summed E-state index contributed by atoms with van der Waals surface area (Å²) >= 11 is 0. The molecule has 3 amide bonds. The molecule has 0 bridgehead atoms. The number of β-amino-alcohol motifs (C(OH)–C–C–N with tert-alkyl or cyclic N) is 1. The van der Waals surface area contributed by atoms with E-state index < -0.39 is 23.6 Å². The molecule has 0 saturated carbocycles. The average Bonchev–Trinajstić information content (AvgIpc) is 3.40. The fraction of sp³-hybridized carbons (Fsp3) is 0.480. The van der Waals surface area contributed by atoms with Gasteiger partial charge in [-0.25, -0.2) is 0 Å². The number of aliphatic hydroxyl groups excluding tert-OH is 1. The second kappa shape index (κ2) is 9.60. The van der Waals surface area contributed by atoms with E-state index in [1.54, 1.807) is 13.8 Å². The fourth-order valence-electron chi connectivity index (χ4n) is 4.40. The Labute approximate surface area is 198 Å². The van der Waals surface area contributed by atoms with Crippen molar-refractivity contribution in [2.24, 2.45) is 5.41 Å². The maximum atomic E-state index is 13.0. The lowest BCUT2D eigenvalue weighted by atomic mass is 9.87. The first-order chi connectivity index (χ1) is 16.2. The summed E-state index contributed by atoms with van der Waals surface area (Å²) in [6, 6.07) is 8.34. The van der Waals surface area contributed by atoms with Crippen LogP contribution in [0.3, 0.4) is 0 Å². The van der Waals surface area contributed by atoms with E-state index in [0.717, 1.165) is 22.4 Å². The van der Waals surface area contributed by atoms with Crippen LogP contribution < -0.4 is 10.6 Å². The van der Waals surface area contributed by atoms with Crippen LogP contribution in [0, 0.1) is 12.3 Å². The maximum Gasteiger partial charge on any atom is 0.245 e. The summed E-state index contributed by atoms with van der Waals surface area (Å²) in [6.07, 6.45) is 1.27. The number of likely N-dealkylation sites (tertiary alicyclic amines) is 1. The lowest BCUT2D eigenvalue weighted by Crippen LogP contribution is -2.58. The molecule has 4 N–H and O–H groups in total. The van der Waals surface area contributed by atoms with Gasteiger partial charge in [0.2, 0.25) is 17.7 Å². The summed E-state index contributed by atoms with van der Waals surface area (Å²) in [7, 11) is 0. The highest BCUT2D eigenvalue weighted by atomic mass is 16.5. The number of benzene rings is 1. The summed E-state index contributed by atoms with van der Waals surface area (Å²) in [5, 5.41) is 15.8. The monoisotopic (exact) mass is 468 g/mol. The zero-order chi connectivity index (χ0) is 24.5. The van der Waals surface area contributed by atoms with Gasteiger partial charge in [0.05, 0.1) is 24.7 Å². The number of nitrogens with one attached hydrogen (secondary N) is 3. The molecule has 2 saturated heterocycles. The normalized spacial score (nSPS) is 22.1. The van der Waals surface area contributed by atoms with Gasteiger partial charge in [0, 0.05) is 37.0 Å². The summed E-state index contributed by atoms with van der Waals surface area (Å²) < 4.78 is 5.11. The Morgan fingerprint density at radius 1 is 1.24 bits per heavy atom. The smallest absolute Gasteiger partial charge is 0.245 e. The predicted molar refractivity (Wildman–Crippen MR) is 125 cm³/mol. The molecule has 2 aromatic rings. The molecule has 0 spiro atoms. The number of aryl methyl sites for hydroxylation is 1. The molecule has 4 rings (SSSR count). The Hall–Kier alpha value is -3.17. The number of H-pyrrole nitrogens is 1. The van der Waals surface area contributed by atoms with Crippen LogP contribution >= 0.6 is 0 Å². The number of rotatable bonds is 7. The van der Waals surface area contributed by atoms with Gasteiger partial charge in [0.1, 0.15) is 12.1 Å². The standard InChI is InChI=1S/C25H32N4O5/c1-15-20(8-9-26-15)18-6-4-17(5-7-18)11-27-22(31)21-10-19(30)12-29(21)23(32)16(2)28-24(33)25(3)13-34-14-25/h4-9,16,19,21,26,30H,10-14H2,1-3H3,(H,27,31)(H,28,33). The number of hydrogen-bond acceptors (Lipinski definition) is 5. The number of carbonyl (C=O) groups excluding carboxylic acids is 3. The van der Waals surface area contributed by atoms with E-state index in [2.05, 4.69) is 15.6 Å². The molecule has 0 radical (unpaired) electrons. The molecule has 2 fully saturated rings. The number of aromatic nitrogens is 1. The Balaban J connectivity index is 1.34. The lowest BCUT2D eigenvalue weighted by Gasteiger charge is -2.37. The van der Waals surface area contributed by atoms with Crippen molar-refractivity contribution in [3.05, 3.63) is 47.8 Å². The van der Waals surface area contributed by atoms with Crippen LogP contribution in [0.15, 0.2) is 36.5 Å². The molecule has 9 nitrogen and oxygen atoms in total. The number of ether oxygens (including phenoxy) is 1. The van der Waals surface area contributed by atoms with E-state index in [-0.39, 0.29) is 30.7 Å². The summed E-state index contributed by atoms with van der Waals surface area (Å²) in [4.78, 5) is 42.9. The van der Waals surface area contributed by atoms with Gasteiger partial charge in [-0.05, 0) is 38.0 Å². The van der Waals surface area contributed by atoms with Gasteiger partial charge in [-0.1, -0.05) is 24.3 Å². The van der Waals surface area contributed by atoms with Crippen LogP contribution in [0.2, 0.25) is 0 Å². The number of aliphatic hydroxyl groups is 1. The van der Waals surface area contributed by atoms with Crippen molar-refractivity contribution < 1.29 is 24.2 Å². The van der Waals surface area contributed by atoms with Gasteiger partial charge < -0.3 is 30.4 Å². The lowest BCUT2D eigenvalue weighted by molar-refractivity contribution is -0.160. The Kier molecular flexibility index (Phi) is 6.77. The zero-order valence-electron chi connectivity index (χ0n) is 19.8. The molecular weight excluding hydrogens is 436 g/mol. The third kappa shape index (κ3) is 4.85. The minimum absolute atomic E-state index is 0.0578. The molecule has 3 heterocycles. The maximum absolute atomic E-state index is 13.0. The minimum Gasteiger partial charge on any atom is -0.391 e. The first-order valence-electron chi connectivity index (χ1n) is 11.6. The molecule has 0 aliphatic carbocycles. The van der Waals surface area contributed by atoms with Crippen LogP contribution in [0.1, 0.15) is 31.5 Å². The largest absolute Gasteiger partial charge is 0.391 e. The quantitative estimate of drug-likeness (QED) is 0.485. The minimum atomic E-state index is -0.810. The van der Waals surface area contributed by atoms with Crippen molar-refractivity contribution in [1.29, 1.82) is 0 Å². The van der Waals surface area contributed by atoms with Crippen LogP contribution in [-0.2, 0) is 25.7 Å². The van der Waals surface area contributed by atoms with Crippen LogP contribution in [-0.4, -0.2) is 70.7 Å². The SMILES string of the molecule is Cc1[nH]ccc1-c1ccc(CNC(=O)C2CC(O)CN2C(=O)C(C)NC(=O)C2(C)COC2)cc1. The van der Waals surface area contributed by atoms with Crippen molar-refractivity contribution in [3.63, 3.8) is 0 Å². The highest BCUT2D eigenvalue weighted by Crippen LogP contribution is 2.27. The van der Waals surface area contributed by atoms with Crippen LogP contribution in [0.4, 0.5) is 0 Å². The molecule has 2 aliphatic rings. The predicted octanol–water partition coefficient (Wildman–Crippen LogP) is 1.11. The topological polar surface area (TPSA) is 124 Å². The van der Waals surface area contributed by atoms with E-state index in [0.29, 0.717) is 19.8 Å². The van der Waals surface area contributed by atoms with E-state index in [9.17, 15) is 19.5 Å². The summed E-state index contributed by atoms with van der Waals surface area (Å²) in [5.74, 6) is -0.966. The second-order valence-corrected chi connectivity index (χ2v) is 9.58. The summed E-state index contributed by atoms with van der Waals surface area (Å²) in [5.41, 5.74) is 3.60. The molecule has 2 aliphatic heterocycles. The van der Waals surface area contributed by atoms with Gasteiger partial charge >= 0.3 is 0 Å². The van der Waals surface area contributed by atoms with Crippen LogP contribution in [0.5, 0.6) is 0 Å². The van der Waals surface area contributed by atoms with Gasteiger partial charge in [0.15, 0.2) is 0 Å². The number of hydrogen-bond donors (Lipinski definition) is 4. The zero-order valence-corrected chi connectivity index (χ0v) is 19.8. The van der Waals surface area contributed by atoms with Gasteiger partial charge in [0.25, 0.3) is 0 Å². The third-order valence-corrected chi connectivity index (χ3v) is 6.66. The van der Waals surface area contributed by atoms with Crippen molar-refractivity contribution in [1.82, 2.24) is 20.5 Å². The Morgan fingerprint density at radius 2 is 1.94 bits per heavy atom. The second-order valence-electron chi connectivity index (χ2n) is 9.58. The van der Waals surface area contributed by atoms with E-state index in [4.69, 9.17) is 4.74 Å². The van der Waals surface area contributed by atoms with Gasteiger partial charge in [-0.3, -0.25) is 14.4 Å². The Morgan fingerprint density at radius 3 is 2.53 bits per heavy atom. The molecule has 34 heavy (non-hydrogen) atoms. The Bertz CT molecular complexity index is 1060. The van der Waals surface area contributed by atoms with Crippen LogP contribution in [0.25, 0.3) is 11.1 Å². The number of aromatic amines is 1. The van der Waals surface area contributed by atoms with Crippen molar-refractivity contribution in [2.45, 2.75) is 51.9 Å². The highest BCUT2D eigenvalue weighted by Gasteiger charge is 2.44. The number of nitrogens with zero attached hydrogens (tertiary/aromatic N) is 1. The number of carbonyl (C=O) groups is 3. The van der Waals surface area contributed by atoms with E-state index in [1.165, 1.54) is 4.90 Å². The first kappa shape index (κ1) is 24.0. The van der Waals surface area contributed by atoms with Crippen molar-refractivity contribution in [2.75, 3.05) is 19.8 Å².